The molecular weight excluding hydrogens is 330 g/mol. The van der Waals surface area contributed by atoms with E-state index in [9.17, 15) is 4.79 Å². The molecule has 0 radical (unpaired) electrons. The van der Waals surface area contributed by atoms with Crippen molar-refractivity contribution >= 4 is 27.7 Å². The summed E-state index contributed by atoms with van der Waals surface area (Å²) >= 11 is 3.42. The van der Waals surface area contributed by atoms with Gasteiger partial charge in [0.05, 0.1) is 5.56 Å². The molecule has 1 amide bonds. The molecule has 0 saturated carbocycles. The van der Waals surface area contributed by atoms with Crippen LogP contribution in [0.2, 0.25) is 0 Å². The molecule has 1 aromatic rings. The minimum atomic E-state index is 0.0844. The molecule has 0 bridgehead atoms. The summed E-state index contributed by atoms with van der Waals surface area (Å²) in [4.78, 5) is 19.1. The first kappa shape index (κ1) is 16.3. The third kappa shape index (κ3) is 3.96. The second kappa shape index (κ2) is 7.25. The van der Waals surface area contributed by atoms with Crippen LogP contribution < -0.4 is 5.32 Å². The number of hydrogen-bond acceptors (Lipinski definition) is 3. The second-order valence-electron chi connectivity index (χ2n) is 5.97. The van der Waals surface area contributed by atoms with Crippen molar-refractivity contribution in [1.29, 1.82) is 0 Å². The molecule has 1 aliphatic rings. The first-order valence-corrected chi connectivity index (χ1v) is 8.51. The van der Waals surface area contributed by atoms with E-state index in [2.05, 4.69) is 47.0 Å². The fourth-order valence-corrected chi connectivity index (χ4v) is 2.94. The van der Waals surface area contributed by atoms with Gasteiger partial charge in [-0.05, 0) is 46.7 Å². The summed E-state index contributed by atoms with van der Waals surface area (Å²) in [5.41, 5.74) is 0.666. The van der Waals surface area contributed by atoms with Gasteiger partial charge in [-0.1, -0.05) is 20.8 Å². The lowest BCUT2D eigenvalue weighted by Crippen LogP contribution is -2.42. The Bertz CT molecular complexity index is 506. The number of likely N-dealkylation sites (tertiary alicyclic amines) is 1. The predicted octanol–water partition coefficient (Wildman–Crippen LogP) is 3.78. The fraction of sp³-hybridized carbons (Fsp3) is 0.625. The number of carbonyl (C=O) groups is 1. The number of halogens is 1. The SMILES string of the molecule is CCCNc1ncc(Br)cc1C(=O)N1CCC(C)C(C)C1. The van der Waals surface area contributed by atoms with Gasteiger partial charge in [-0.15, -0.1) is 0 Å². The van der Waals surface area contributed by atoms with Crippen LogP contribution in [0.3, 0.4) is 0 Å². The van der Waals surface area contributed by atoms with Crippen molar-refractivity contribution in [2.45, 2.75) is 33.6 Å². The molecule has 2 heterocycles. The van der Waals surface area contributed by atoms with Crippen molar-refractivity contribution in [2.24, 2.45) is 11.8 Å². The minimum Gasteiger partial charge on any atom is -0.369 e. The van der Waals surface area contributed by atoms with E-state index in [0.29, 0.717) is 23.2 Å². The highest BCUT2D eigenvalue weighted by molar-refractivity contribution is 9.10. The van der Waals surface area contributed by atoms with Gasteiger partial charge in [0.25, 0.3) is 5.91 Å². The predicted molar refractivity (Wildman–Crippen MR) is 89.6 cm³/mol. The molecule has 1 fully saturated rings. The third-order valence-corrected chi connectivity index (χ3v) is 4.68. The quantitative estimate of drug-likeness (QED) is 0.895. The number of aromatic nitrogens is 1. The number of pyridine rings is 1. The lowest BCUT2D eigenvalue weighted by atomic mass is 9.88. The largest absolute Gasteiger partial charge is 0.369 e. The number of nitrogens with one attached hydrogen (secondary N) is 1. The second-order valence-corrected chi connectivity index (χ2v) is 6.89. The van der Waals surface area contributed by atoms with E-state index in [-0.39, 0.29) is 5.91 Å². The molecule has 0 aliphatic carbocycles. The van der Waals surface area contributed by atoms with Crippen LogP contribution in [0.15, 0.2) is 16.7 Å². The number of amides is 1. The highest BCUT2D eigenvalue weighted by Crippen LogP contribution is 2.26. The maximum Gasteiger partial charge on any atom is 0.257 e. The first-order valence-electron chi connectivity index (χ1n) is 7.71. The number of rotatable bonds is 4. The van der Waals surface area contributed by atoms with Gasteiger partial charge in [-0.3, -0.25) is 4.79 Å². The Balaban J connectivity index is 2.19. The van der Waals surface area contributed by atoms with Crippen molar-refractivity contribution in [1.82, 2.24) is 9.88 Å². The lowest BCUT2D eigenvalue weighted by molar-refractivity contribution is 0.0628. The molecule has 2 unspecified atom stereocenters. The van der Waals surface area contributed by atoms with Gasteiger partial charge in [0.1, 0.15) is 5.82 Å². The molecule has 2 rings (SSSR count). The lowest BCUT2D eigenvalue weighted by Gasteiger charge is -2.35. The highest BCUT2D eigenvalue weighted by atomic mass is 79.9. The number of carbonyl (C=O) groups excluding carboxylic acids is 1. The average molecular weight is 354 g/mol. The van der Waals surface area contributed by atoms with Crippen molar-refractivity contribution in [3.05, 3.63) is 22.3 Å². The van der Waals surface area contributed by atoms with Crippen molar-refractivity contribution < 1.29 is 4.79 Å². The molecule has 1 N–H and O–H groups in total. The van der Waals surface area contributed by atoms with Gasteiger partial charge in [0, 0.05) is 30.3 Å². The standard InChI is InChI=1S/C16H24BrN3O/c1-4-6-18-15-14(8-13(17)9-19-15)16(21)20-7-5-11(2)12(3)10-20/h8-9,11-12H,4-7,10H2,1-3H3,(H,18,19). The number of anilines is 1. The van der Waals surface area contributed by atoms with E-state index < -0.39 is 0 Å². The van der Waals surface area contributed by atoms with Gasteiger partial charge in [0.15, 0.2) is 0 Å². The molecule has 0 spiro atoms. The first-order chi connectivity index (χ1) is 10.0. The molecule has 2 atom stereocenters. The van der Waals surface area contributed by atoms with E-state index in [0.717, 1.165) is 36.9 Å². The molecule has 0 aromatic carbocycles. The Morgan fingerprint density at radius 3 is 2.90 bits per heavy atom. The van der Waals surface area contributed by atoms with E-state index >= 15 is 0 Å². The van der Waals surface area contributed by atoms with Crippen LogP contribution in [0, 0.1) is 11.8 Å². The van der Waals surface area contributed by atoms with E-state index in [4.69, 9.17) is 0 Å². The smallest absolute Gasteiger partial charge is 0.257 e. The topological polar surface area (TPSA) is 45.2 Å². The van der Waals surface area contributed by atoms with Crippen molar-refractivity contribution in [3.8, 4) is 0 Å². The normalized spacial score (nSPS) is 22.2. The van der Waals surface area contributed by atoms with Crippen LogP contribution >= 0.6 is 15.9 Å². The molecule has 4 nitrogen and oxygen atoms in total. The zero-order chi connectivity index (χ0) is 15.4. The maximum absolute atomic E-state index is 12.8. The summed E-state index contributed by atoms with van der Waals surface area (Å²) < 4.78 is 0.839. The molecule has 116 valence electrons. The molecule has 21 heavy (non-hydrogen) atoms. The monoisotopic (exact) mass is 353 g/mol. The van der Waals surface area contributed by atoms with Gasteiger partial charge in [-0.25, -0.2) is 4.98 Å². The molecular formula is C16H24BrN3O. The van der Waals surface area contributed by atoms with Crippen LogP contribution in [0.5, 0.6) is 0 Å². The van der Waals surface area contributed by atoms with E-state index in [1.54, 1.807) is 6.20 Å². The zero-order valence-corrected chi connectivity index (χ0v) is 14.6. The van der Waals surface area contributed by atoms with Crippen molar-refractivity contribution in [3.63, 3.8) is 0 Å². The van der Waals surface area contributed by atoms with Gasteiger partial charge in [-0.2, -0.15) is 0 Å². The minimum absolute atomic E-state index is 0.0844. The third-order valence-electron chi connectivity index (χ3n) is 4.25. The molecule has 1 aliphatic heterocycles. The Labute approximate surface area is 135 Å². The average Bonchev–Trinajstić information content (AvgIpc) is 2.48. The summed E-state index contributed by atoms with van der Waals surface area (Å²) in [6.07, 6.45) is 3.81. The van der Waals surface area contributed by atoms with Gasteiger partial charge < -0.3 is 10.2 Å². The van der Waals surface area contributed by atoms with E-state index in [1.165, 1.54) is 0 Å². The number of nitrogens with zero attached hydrogens (tertiary/aromatic N) is 2. The summed E-state index contributed by atoms with van der Waals surface area (Å²) in [6, 6.07) is 1.87. The molecule has 5 heteroatoms. The molecule has 1 aromatic heterocycles. The Morgan fingerprint density at radius 2 is 2.24 bits per heavy atom. The summed E-state index contributed by atoms with van der Waals surface area (Å²) in [5, 5.41) is 3.25. The van der Waals surface area contributed by atoms with E-state index in [1.807, 2.05) is 11.0 Å². The van der Waals surface area contributed by atoms with Gasteiger partial charge >= 0.3 is 0 Å². The highest BCUT2D eigenvalue weighted by Gasteiger charge is 2.28. The van der Waals surface area contributed by atoms with Gasteiger partial charge in [0.2, 0.25) is 0 Å². The summed E-state index contributed by atoms with van der Waals surface area (Å²) in [5.74, 6) is 2.01. The van der Waals surface area contributed by atoms with Crippen LogP contribution in [-0.2, 0) is 0 Å². The Morgan fingerprint density at radius 1 is 1.48 bits per heavy atom. The van der Waals surface area contributed by atoms with Crippen molar-refractivity contribution in [2.75, 3.05) is 25.0 Å². The van der Waals surface area contributed by atoms with Crippen LogP contribution in [-0.4, -0.2) is 35.4 Å². The Hall–Kier alpha value is -1.10. The summed E-state index contributed by atoms with van der Waals surface area (Å²) in [7, 11) is 0. The number of piperidine rings is 1. The maximum atomic E-state index is 12.8. The van der Waals surface area contributed by atoms with Crippen LogP contribution in [0.25, 0.3) is 0 Å². The van der Waals surface area contributed by atoms with Crippen LogP contribution in [0.4, 0.5) is 5.82 Å². The summed E-state index contributed by atoms with van der Waals surface area (Å²) in [6.45, 7) is 9.08. The fourth-order valence-electron chi connectivity index (χ4n) is 2.60. The Kier molecular flexibility index (Phi) is 5.62. The zero-order valence-electron chi connectivity index (χ0n) is 13.0. The van der Waals surface area contributed by atoms with Crippen LogP contribution in [0.1, 0.15) is 44.0 Å². The number of hydrogen-bond donors (Lipinski definition) is 1. The molecule has 1 saturated heterocycles.